The first-order valence-electron chi connectivity index (χ1n) is 7.26. The van der Waals surface area contributed by atoms with Crippen molar-refractivity contribution in [1.29, 1.82) is 0 Å². The molecule has 3 heteroatoms. The lowest BCUT2D eigenvalue weighted by molar-refractivity contribution is -0.135. The molecule has 1 aliphatic carbocycles. The van der Waals surface area contributed by atoms with Crippen LogP contribution in [0.2, 0.25) is 0 Å². The van der Waals surface area contributed by atoms with Crippen LogP contribution in [0.25, 0.3) is 0 Å². The van der Waals surface area contributed by atoms with Crippen molar-refractivity contribution in [1.82, 2.24) is 10.2 Å². The summed E-state index contributed by atoms with van der Waals surface area (Å²) in [5.41, 5.74) is 0.395. The molecule has 0 spiro atoms. The second-order valence-electron chi connectivity index (χ2n) is 6.78. The Morgan fingerprint density at radius 3 is 2.22 bits per heavy atom. The zero-order chi connectivity index (χ0) is 13.8. The molecule has 0 bridgehead atoms. The molecular weight excluding hydrogens is 224 g/mol. The largest absolute Gasteiger partial charge is 0.344 e. The zero-order valence-electron chi connectivity index (χ0n) is 12.8. The monoisotopic (exact) mass is 254 g/mol. The number of carbonyl (C=O) groups excluding carboxylic acids is 1. The summed E-state index contributed by atoms with van der Waals surface area (Å²) in [5.74, 6) is 1.40. The highest BCUT2D eigenvalue weighted by atomic mass is 16.2. The summed E-state index contributed by atoms with van der Waals surface area (Å²) in [7, 11) is 3.85. The lowest BCUT2D eigenvalue weighted by Gasteiger charge is -2.37. The molecule has 106 valence electrons. The minimum absolute atomic E-state index is 0.269. The van der Waals surface area contributed by atoms with Crippen molar-refractivity contribution in [2.75, 3.05) is 27.2 Å². The van der Waals surface area contributed by atoms with Gasteiger partial charge in [0.1, 0.15) is 0 Å². The van der Waals surface area contributed by atoms with Crippen molar-refractivity contribution < 1.29 is 4.79 Å². The molecule has 0 unspecified atom stereocenters. The van der Waals surface area contributed by atoms with Gasteiger partial charge in [-0.2, -0.15) is 0 Å². The number of rotatable bonds is 4. The van der Waals surface area contributed by atoms with Crippen LogP contribution in [-0.2, 0) is 4.79 Å². The van der Waals surface area contributed by atoms with Gasteiger partial charge >= 0.3 is 0 Å². The van der Waals surface area contributed by atoms with Crippen molar-refractivity contribution in [2.45, 2.75) is 46.5 Å². The molecule has 1 fully saturated rings. The predicted octanol–water partition coefficient (Wildman–Crippen LogP) is 2.52. The topological polar surface area (TPSA) is 32.3 Å². The molecule has 0 atom stereocenters. The maximum atomic E-state index is 12.3. The van der Waals surface area contributed by atoms with Gasteiger partial charge in [0, 0.05) is 26.1 Å². The quantitative estimate of drug-likeness (QED) is 0.836. The third-order valence-corrected chi connectivity index (χ3v) is 4.37. The van der Waals surface area contributed by atoms with Gasteiger partial charge in [-0.15, -0.1) is 0 Å². The SMILES string of the molecule is CNCCN(C)C(=O)C1CCC(C(C)(C)C)CC1. The van der Waals surface area contributed by atoms with Crippen LogP contribution >= 0.6 is 0 Å². The molecule has 1 amide bonds. The Hall–Kier alpha value is -0.570. The highest BCUT2D eigenvalue weighted by molar-refractivity contribution is 5.78. The molecule has 0 aromatic heterocycles. The smallest absolute Gasteiger partial charge is 0.225 e. The Labute approximate surface area is 112 Å². The van der Waals surface area contributed by atoms with E-state index in [0.29, 0.717) is 11.3 Å². The summed E-state index contributed by atoms with van der Waals surface area (Å²) in [5, 5.41) is 3.09. The van der Waals surface area contributed by atoms with E-state index in [4.69, 9.17) is 0 Å². The van der Waals surface area contributed by atoms with Crippen molar-refractivity contribution in [3.63, 3.8) is 0 Å². The van der Waals surface area contributed by atoms with Gasteiger partial charge in [0.15, 0.2) is 0 Å². The summed E-state index contributed by atoms with van der Waals surface area (Å²) in [6, 6.07) is 0. The number of amides is 1. The van der Waals surface area contributed by atoms with E-state index in [1.165, 1.54) is 12.8 Å². The predicted molar refractivity (Wildman–Crippen MR) is 76.5 cm³/mol. The van der Waals surface area contributed by atoms with Crippen LogP contribution in [-0.4, -0.2) is 38.0 Å². The molecule has 18 heavy (non-hydrogen) atoms. The summed E-state index contributed by atoms with van der Waals surface area (Å²) >= 11 is 0. The number of carbonyl (C=O) groups is 1. The summed E-state index contributed by atoms with van der Waals surface area (Å²) < 4.78 is 0. The number of nitrogens with zero attached hydrogens (tertiary/aromatic N) is 1. The fourth-order valence-electron chi connectivity index (χ4n) is 2.91. The molecule has 1 aliphatic rings. The van der Waals surface area contributed by atoms with Gasteiger partial charge < -0.3 is 10.2 Å². The lowest BCUT2D eigenvalue weighted by Crippen LogP contribution is -2.39. The van der Waals surface area contributed by atoms with Gasteiger partial charge in [-0.25, -0.2) is 0 Å². The van der Waals surface area contributed by atoms with Gasteiger partial charge in [-0.3, -0.25) is 4.79 Å². The van der Waals surface area contributed by atoms with Crippen LogP contribution in [0.3, 0.4) is 0 Å². The van der Waals surface area contributed by atoms with Gasteiger partial charge in [0.2, 0.25) is 5.91 Å². The Balaban J connectivity index is 2.40. The average Bonchev–Trinajstić information content (AvgIpc) is 2.34. The standard InChI is InChI=1S/C15H30N2O/c1-15(2,3)13-8-6-12(7-9-13)14(18)17(5)11-10-16-4/h12-13,16H,6-11H2,1-5H3. The number of hydrogen-bond donors (Lipinski definition) is 1. The number of likely N-dealkylation sites (N-methyl/N-ethyl adjacent to an activating group) is 2. The van der Waals surface area contributed by atoms with Gasteiger partial charge in [0.05, 0.1) is 0 Å². The molecule has 0 aromatic rings. The third kappa shape index (κ3) is 4.27. The molecule has 3 nitrogen and oxygen atoms in total. The molecule has 1 rings (SSSR count). The van der Waals surface area contributed by atoms with E-state index in [-0.39, 0.29) is 5.92 Å². The fourth-order valence-corrected chi connectivity index (χ4v) is 2.91. The first-order valence-corrected chi connectivity index (χ1v) is 7.26. The summed E-state index contributed by atoms with van der Waals surface area (Å²) in [4.78, 5) is 14.1. The van der Waals surface area contributed by atoms with Gasteiger partial charge in [-0.1, -0.05) is 20.8 Å². The van der Waals surface area contributed by atoms with Crippen LogP contribution < -0.4 is 5.32 Å². The van der Waals surface area contributed by atoms with Crippen LogP contribution in [0.1, 0.15) is 46.5 Å². The maximum absolute atomic E-state index is 12.3. The minimum atomic E-state index is 0.269. The van der Waals surface area contributed by atoms with Crippen LogP contribution in [0, 0.1) is 17.3 Å². The van der Waals surface area contributed by atoms with Crippen LogP contribution in [0.5, 0.6) is 0 Å². The van der Waals surface area contributed by atoms with E-state index in [1.54, 1.807) is 0 Å². The minimum Gasteiger partial charge on any atom is -0.344 e. The van der Waals surface area contributed by atoms with Crippen molar-refractivity contribution in [3.8, 4) is 0 Å². The summed E-state index contributed by atoms with van der Waals surface area (Å²) in [6.45, 7) is 8.64. The van der Waals surface area contributed by atoms with Crippen LogP contribution in [0.4, 0.5) is 0 Å². The van der Waals surface area contributed by atoms with E-state index in [9.17, 15) is 4.79 Å². The Bertz CT molecular complexity index is 262. The number of nitrogens with one attached hydrogen (secondary N) is 1. The normalized spacial score (nSPS) is 24.9. The molecule has 1 saturated carbocycles. The first-order chi connectivity index (χ1) is 8.36. The molecular formula is C15H30N2O. The van der Waals surface area contributed by atoms with Gasteiger partial charge in [0.25, 0.3) is 0 Å². The molecule has 0 aliphatic heterocycles. The third-order valence-electron chi connectivity index (χ3n) is 4.37. The second kappa shape index (κ2) is 6.55. The molecule has 0 heterocycles. The van der Waals surface area contributed by atoms with Gasteiger partial charge in [-0.05, 0) is 44.1 Å². The molecule has 0 aromatic carbocycles. The van der Waals surface area contributed by atoms with Crippen molar-refractivity contribution in [2.24, 2.45) is 17.3 Å². The fraction of sp³-hybridized carbons (Fsp3) is 0.933. The van der Waals surface area contributed by atoms with Crippen molar-refractivity contribution in [3.05, 3.63) is 0 Å². The lowest BCUT2D eigenvalue weighted by atomic mass is 9.69. The van der Waals surface area contributed by atoms with E-state index in [0.717, 1.165) is 31.8 Å². The van der Waals surface area contributed by atoms with E-state index >= 15 is 0 Å². The molecule has 1 N–H and O–H groups in total. The van der Waals surface area contributed by atoms with E-state index < -0.39 is 0 Å². The van der Waals surface area contributed by atoms with E-state index in [2.05, 4.69) is 26.1 Å². The highest BCUT2D eigenvalue weighted by Gasteiger charge is 2.33. The van der Waals surface area contributed by atoms with Crippen molar-refractivity contribution >= 4 is 5.91 Å². The number of hydrogen-bond acceptors (Lipinski definition) is 2. The zero-order valence-corrected chi connectivity index (χ0v) is 12.8. The Kier molecular flexibility index (Phi) is 5.64. The Morgan fingerprint density at radius 1 is 1.22 bits per heavy atom. The average molecular weight is 254 g/mol. The Morgan fingerprint density at radius 2 is 1.78 bits per heavy atom. The first kappa shape index (κ1) is 15.5. The maximum Gasteiger partial charge on any atom is 0.225 e. The second-order valence-corrected chi connectivity index (χ2v) is 6.78. The summed E-state index contributed by atoms with van der Waals surface area (Å²) in [6.07, 6.45) is 4.56. The van der Waals surface area contributed by atoms with E-state index in [1.807, 2.05) is 19.0 Å². The highest BCUT2D eigenvalue weighted by Crippen LogP contribution is 2.40. The molecule has 0 saturated heterocycles. The van der Waals surface area contributed by atoms with Crippen LogP contribution in [0.15, 0.2) is 0 Å². The molecule has 0 radical (unpaired) electrons.